The molecule has 0 aromatic carbocycles. The number of ether oxygens (including phenoxy) is 1. The zero-order chi connectivity index (χ0) is 22.9. The summed E-state index contributed by atoms with van der Waals surface area (Å²) in [5.74, 6) is 0.917. The summed E-state index contributed by atoms with van der Waals surface area (Å²) >= 11 is 0. The van der Waals surface area contributed by atoms with Crippen molar-refractivity contribution in [1.29, 1.82) is 0 Å². The second-order valence-corrected chi connectivity index (χ2v) is 8.59. The quantitative estimate of drug-likeness (QED) is 0.767. The second kappa shape index (κ2) is 8.74. The predicted octanol–water partition coefficient (Wildman–Crippen LogP) is 1.12. The number of aryl methyl sites for hydroxylation is 1. The Morgan fingerprint density at radius 1 is 1.19 bits per heavy atom. The van der Waals surface area contributed by atoms with E-state index in [1.54, 1.807) is 30.9 Å². The van der Waals surface area contributed by atoms with Crippen LogP contribution in [0.2, 0.25) is 0 Å². The van der Waals surface area contributed by atoms with Crippen LogP contribution in [0.15, 0.2) is 35.4 Å². The number of nitrogens with one attached hydrogen (secondary N) is 1. The molecule has 1 saturated heterocycles. The van der Waals surface area contributed by atoms with Crippen molar-refractivity contribution in [3.05, 3.63) is 52.1 Å². The first-order valence-electron chi connectivity index (χ1n) is 10.9. The summed E-state index contributed by atoms with van der Waals surface area (Å²) in [4.78, 5) is 44.6. The van der Waals surface area contributed by atoms with Gasteiger partial charge in [-0.3, -0.25) is 19.3 Å². The zero-order valence-corrected chi connectivity index (χ0v) is 18.8. The normalized spacial score (nSPS) is 20.9. The molecular weight excluding hydrogens is 410 g/mol. The second-order valence-electron chi connectivity index (χ2n) is 8.59. The van der Waals surface area contributed by atoms with Gasteiger partial charge in [-0.05, 0) is 24.6 Å². The molecule has 170 valence electrons. The van der Waals surface area contributed by atoms with Gasteiger partial charge in [0.25, 0.3) is 5.56 Å². The number of nitrogens with zero attached hydrogens (tertiary/aromatic N) is 4. The maximum Gasteiger partial charge on any atom is 0.257 e. The van der Waals surface area contributed by atoms with E-state index in [4.69, 9.17) is 4.74 Å². The molecule has 0 bridgehead atoms. The monoisotopic (exact) mass is 439 g/mol. The fourth-order valence-corrected chi connectivity index (χ4v) is 4.56. The van der Waals surface area contributed by atoms with Gasteiger partial charge in [-0.15, -0.1) is 0 Å². The van der Waals surface area contributed by atoms with E-state index in [0.29, 0.717) is 36.6 Å². The molecule has 4 rings (SSSR count). The molecule has 9 nitrogen and oxygen atoms in total. The van der Waals surface area contributed by atoms with Crippen LogP contribution in [-0.4, -0.2) is 63.9 Å². The average molecular weight is 440 g/mol. The third-order valence-corrected chi connectivity index (χ3v) is 6.20. The number of anilines is 1. The lowest BCUT2D eigenvalue weighted by Gasteiger charge is -2.35. The minimum Gasteiger partial charge on any atom is -0.480 e. The van der Waals surface area contributed by atoms with Crippen LogP contribution in [0.25, 0.3) is 0 Å². The number of hydrogen-bond acceptors (Lipinski definition) is 6. The Labute approximate surface area is 187 Å². The van der Waals surface area contributed by atoms with Crippen LogP contribution in [0, 0.1) is 0 Å². The molecule has 1 unspecified atom stereocenters. The maximum absolute atomic E-state index is 12.8. The van der Waals surface area contributed by atoms with Gasteiger partial charge in [-0.25, -0.2) is 4.98 Å². The third kappa shape index (κ3) is 4.38. The summed E-state index contributed by atoms with van der Waals surface area (Å²) in [6, 6.07) is 5.52. The lowest BCUT2D eigenvalue weighted by molar-refractivity contribution is -0.128. The number of fused-ring (bicyclic) bond motifs is 1. The zero-order valence-electron chi connectivity index (χ0n) is 18.8. The highest BCUT2D eigenvalue weighted by molar-refractivity contribution is 5.87. The molecule has 1 fully saturated rings. The highest BCUT2D eigenvalue weighted by Crippen LogP contribution is 2.41. The van der Waals surface area contributed by atoms with Crippen LogP contribution in [0.4, 0.5) is 5.82 Å². The third-order valence-electron chi connectivity index (χ3n) is 6.20. The van der Waals surface area contributed by atoms with Crippen molar-refractivity contribution >= 4 is 17.6 Å². The Morgan fingerprint density at radius 2 is 2.00 bits per heavy atom. The summed E-state index contributed by atoms with van der Waals surface area (Å²) in [7, 11) is 1.73. The Morgan fingerprint density at radius 3 is 2.75 bits per heavy atom. The lowest BCUT2D eigenvalue weighted by Crippen LogP contribution is -2.46. The topological polar surface area (TPSA) is 96.8 Å². The van der Waals surface area contributed by atoms with Gasteiger partial charge >= 0.3 is 0 Å². The van der Waals surface area contributed by atoms with Crippen molar-refractivity contribution < 1.29 is 14.3 Å². The molecule has 1 atom stereocenters. The van der Waals surface area contributed by atoms with E-state index in [-0.39, 0.29) is 17.4 Å². The number of hydrogen-bond donors (Lipinski definition) is 1. The van der Waals surface area contributed by atoms with Crippen molar-refractivity contribution in [2.75, 3.05) is 38.0 Å². The Kier molecular flexibility index (Phi) is 6.01. The molecule has 2 amide bonds. The van der Waals surface area contributed by atoms with Gasteiger partial charge in [-0.1, -0.05) is 0 Å². The number of amides is 2. The van der Waals surface area contributed by atoms with Crippen LogP contribution in [0.5, 0.6) is 5.75 Å². The summed E-state index contributed by atoms with van der Waals surface area (Å²) in [6.07, 6.45) is 4.65. The summed E-state index contributed by atoms with van der Waals surface area (Å²) in [5.41, 5.74) is 0.631. The molecule has 1 N–H and O–H groups in total. The Bertz CT molecular complexity index is 1100. The van der Waals surface area contributed by atoms with Crippen molar-refractivity contribution in [3.8, 4) is 5.75 Å². The first-order valence-corrected chi connectivity index (χ1v) is 10.9. The standard InChI is InChI=1S/C23H29N5O4/c1-16(29)25-21-13-18(5-7-24-21)23(14-19-20(32-23)6-10-26(3)22(19)31)15-27-8-4-9-28(12-11-27)17(2)30/h5-7,10,13H,4,8-9,11-12,14-15H2,1-3H3,(H,24,25,29). The molecule has 4 heterocycles. The molecular formula is C23H29N5O4. The Hall–Kier alpha value is -3.20. The van der Waals surface area contributed by atoms with Gasteiger partial charge in [0.05, 0.1) is 5.56 Å². The van der Waals surface area contributed by atoms with Gasteiger partial charge in [0.2, 0.25) is 11.8 Å². The van der Waals surface area contributed by atoms with Crippen molar-refractivity contribution in [3.63, 3.8) is 0 Å². The van der Waals surface area contributed by atoms with E-state index in [0.717, 1.165) is 31.6 Å². The Balaban J connectivity index is 1.69. The molecule has 9 heteroatoms. The van der Waals surface area contributed by atoms with E-state index < -0.39 is 5.60 Å². The summed E-state index contributed by atoms with van der Waals surface area (Å²) < 4.78 is 8.08. The van der Waals surface area contributed by atoms with Gasteiger partial charge < -0.3 is 19.5 Å². The molecule has 2 aromatic heterocycles. The van der Waals surface area contributed by atoms with Crippen LogP contribution < -0.4 is 15.6 Å². The number of carbonyl (C=O) groups excluding carboxylic acids is 2. The average Bonchev–Trinajstić information content (AvgIpc) is 2.96. The van der Waals surface area contributed by atoms with E-state index in [2.05, 4.69) is 15.2 Å². The first kappa shape index (κ1) is 22.0. The minimum absolute atomic E-state index is 0.0702. The number of pyridine rings is 2. The SMILES string of the molecule is CC(=O)Nc1cc(C2(CN3CCCN(C(C)=O)CC3)Cc3c(ccn(C)c3=O)O2)ccn1. The first-order chi connectivity index (χ1) is 15.3. The van der Waals surface area contributed by atoms with Crippen molar-refractivity contribution in [1.82, 2.24) is 19.4 Å². The molecule has 0 aliphatic carbocycles. The predicted molar refractivity (Wildman–Crippen MR) is 120 cm³/mol. The van der Waals surface area contributed by atoms with Crippen molar-refractivity contribution in [2.24, 2.45) is 7.05 Å². The van der Waals surface area contributed by atoms with E-state index in [1.807, 2.05) is 23.1 Å². The highest BCUT2D eigenvalue weighted by Gasteiger charge is 2.44. The lowest BCUT2D eigenvalue weighted by atomic mass is 9.89. The maximum atomic E-state index is 12.8. The molecule has 0 saturated carbocycles. The molecule has 32 heavy (non-hydrogen) atoms. The number of rotatable bonds is 4. The molecule has 2 aliphatic rings. The van der Waals surface area contributed by atoms with E-state index in [9.17, 15) is 14.4 Å². The van der Waals surface area contributed by atoms with Gasteiger partial charge in [0.1, 0.15) is 11.6 Å². The minimum atomic E-state index is -0.794. The number of carbonyl (C=O) groups is 2. The van der Waals surface area contributed by atoms with E-state index >= 15 is 0 Å². The van der Waals surface area contributed by atoms with Crippen LogP contribution in [-0.2, 0) is 28.7 Å². The van der Waals surface area contributed by atoms with Crippen LogP contribution in [0.3, 0.4) is 0 Å². The molecule has 2 aliphatic heterocycles. The summed E-state index contributed by atoms with van der Waals surface area (Å²) in [5, 5.41) is 2.73. The fraction of sp³-hybridized carbons (Fsp3) is 0.478. The fourth-order valence-electron chi connectivity index (χ4n) is 4.56. The highest BCUT2D eigenvalue weighted by atomic mass is 16.5. The van der Waals surface area contributed by atoms with Gasteiger partial charge in [0.15, 0.2) is 5.60 Å². The molecule has 2 aromatic rings. The van der Waals surface area contributed by atoms with E-state index in [1.165, 1.54) is 6.92 Å². The van der Waals surface area contributed by atoms with Gasteiger partial charge in [0, 0.05) is 78.0 Å². The van der Waals surface area contributed by atoms with Crippen LogP contribution >= 0.6 is 0 Å². The summed E-state index contributed by atoms with van der Waals surface area (Å²) in [6.45, 7) is 6.55. The number of aromatic nitrogens is 2. The van der Waals surface area contributed by atoms with Gasteiger partial charge in [-0.2, -0.15) is 0 Å². The van der Waals surface area contributed by atoms with Crippen LogP contribution in [0.1, 0.15) is 31.4 Å². The molecule has 0 radical (unpaired) electrons. The molecule has 0 spiro atoms. The smallest absolute Gasteiger partial charge is 0.257 e. The van der Waals surface area contributed by atoms with Crippen molar-refractivity contribution in [2.45, 2.75) is 32.3 Å². The largest absolute Gasteiger partial charge is 0.480 e.